The van der Waals surface area contributed by atoms with Crippen molar-refractivity contribution in [2.75, 3.05) is 33.5 Å². The normalized spacial score (nSPS) is 9.94. The zero-order chi connectivity index (χ0) is 12.5. The van der Waals surface area contributed by atoms with Crippen LogP contribution in [0.1, 0.15) is 5.56 Å². The van der Waals surface area contributed by atoms with Crippen molar-refractivity contribution in [1.82, 2.24) is 0 Å². The van der Waals surface area contributed by atoms with E-state index in [0.717, 1.165) is 0 Å². The molecule has 17 heavy (non-hydrogen) atoms. The van der Waals surface area contributed by atoms with E-state index in [0.29, 0.717) is 42.8 Å². The van der Waals surface area contributed by atoms with Crippen LogP contribution in [-0.2, 0) is 9.47 Å². The molecule has 0 bridgehead atoms. The predicted octanol–water partition coefficient (Wildman–Crippen LogP) is 2.25. The molecule has 0 aliphatic carbocycles. The molecule has 0 aliphatic rings. The Morgan fingerprint density at radius 1 is 1.24 bits per heavy atom. The largest absolute Gasteiger partial charge is 0.491 e. The van der Waals surface area contributed by atoms with Crippen LogP contribution in [0.15, 0.2) is 18.2 Å². The van der Waals surface area contributed by atoms with E-state index in [1.165, 1.54) is 0 Å². The summed E-state index contributed by atoms with van der Waals surface area (Å²) in [5, 5.41) is 9.09. The van der Waals surface area contributed by atoms with E-state index >= 15 is 0 Å². The van der Waals surface area contributed by atoms with Crippen molar-refractivity contribution in [3.63, 3.8) is 0 Å². The molecule has 0 atom stereocenters. The molecule has 0 saturated carbocycles. The third-order valence-corrected chi connectivity index (χ3v) is 2.30. The summed E-state index contributed by atoms with van der Waals surface area (Å²) in [6.07, 6.45) is 0. The SMILES string of the molecule is COCCOCCOc1ccc(C#N)c(Cl)c1. The third-order valence-electron chi connectivity index (χ3n) is 1.99. The van der Waals surface area contributed by atoms with Crippen LogP contribution in [0.25, 0.3) is 0 Å². The van der Waals surface area contributed by atoms with Crippen LogP contribution in [0.4, 0.5) is 0 Å². The molecule has 1 aromatic rings. The van der Waals surface area contributed by atoms with Crippen molar-refractivity contribution in [3.05, 3.63) is 28.8 Å². The van der Waals surface area contributed by atoms with Crippen LogP contribution >= 0.6 is 11.6 Å². The maximum absolute atomic E-state index is 8.70. The van der Waals surface area contributed by atoms with Gasteiger partial charge in [0.25, 0.3) is 0 Å². The molecule has 0 spiro atoms. The van der Waals surface area contributed by atoms with Gasteiger partial charge in [-0.25, -0.2) is 0 Å². The number of rotatable bonds is 7. The fraction of sp³-hybridized carbons (Fsp3) is 0.417. The molecular formula is C12H14ClNO3. The first-order valence-corrected chi connectivity index (χ1v) is 5.55. The summed E-state index contributed by atoms with van der Waals surface area (Å²) in [6.45, 7) is 2.05. The first-order valence-electron chi connectivity index (χ1n) is 5.17. The number of benzene rings is 1. The summed E-state index contributed by atoms with van der Waals surface area (Å²) in [5.41, 5.74) is 0.440. The van der Waals surface area contributed by atoms with Gasteiger partial charge in [-0.2, -0.15) is 5.26 Å². The van der Waals surface area contributed by atoms with Gasteiger partial charge >= 0.3 is 0 Å². The summed E-state index contributed by atoms with van der Waals surface area (Å²) in [4.78, 5) is 0. The Kier molecular flexibility index (Phi) is 6.41. The lowest BCUT2D eigenvalue weighted by Gasteiger charge is -2.07. The van der Waals surface area contributed by atoms with Gasteiger partial charge in [-0.05, 0) is 12.1 Å². The number of nitrogens with zero attached hydrogens (tertiary/aromatic N) is 1. The van der Waals surface area contributed by atoms with E-state index < -0.39 is 0 Å². The zero-order valence-corrected chi connectivity index (χ0v) is 10.4. The molecule has 1 aromatic carbocycles. The second-order valence-electron chi connectivity index (χ2n) is 3.21. The van der Waals surface area contributed by atoms with Crippen molar-refractivity contribution < 1.29 is 14.2 Å². The van der Waals surface area contributed by atoms with Gasteiger partial charge in [0.05, 0.1) is 30.4 Å². The lowest BCUT2D eigenvalue weighted by Crippen LogP contribution is -2.09. The second-order valence-corrected chi connectivity index (χ2v) is 3.61. The van der Waals surface area contributed by atoms with Gasteiger partial charge in [0, 0.05) is 13.2 Å². The third kappa shape index (κ3) is 5.05. The van der Waals surface area contributed by atoms with Gasteiger partial charge in [0.15, 0.2) is 0 Å². The Labute approximate surface area is 106 Å². The number of methoxy groups -OCH3 is 1. The van der Waals surface area contributed by atoms with E-state index in [1.807, 2.05) is 6.07 Å². The maximum atomic E-state index is 8.70. The molecule has 0 fully saturated rings. The first kappa shape index (κ1) is 13.8. The quantitative estimate of drug-likeness (QED) is 0.702. The van der Waals surface area contributed by atoms with Crippen LogP contribution in [0.2, 0.25) is 5.02 Å². The zero-order valence-electron chi connectivity index (χ0n) is 9.61. The molecule has 1 rings (SSSR count). The van der Waals surface area contributed by atoms with Crippen LogP contribution < -0.4 is 4.74 Å². The molecular weight excluding hydrogens is 242 g/mol. The Morgan fingerprint density at radius 3 is 2.65 bits per heavy atom. The van der Waals surface area contributed by atoms with Gasteiger partial charge in [-0.3, -0.25) is 0 Å². The lowest BCUT2D eigenvalue weighted by molar-refractivity contribution is 0.0544. The highest BCUT2D eigenvalue weighted by Gasteiger charge is 2.01. The molecule has 5 heteroatoms. The molecule has 0 unspecified atom stereocenters. The van der Waals surface area contributed by atoms with E-state index in [9.17, 15) is 0 Å². The van der Waals surface area contributed by atoms with Crippen LogP contribution in [0.5, 0.6) is 5.75 Å². The standard InChI is InChI=1S/C12H14ClNO3/c1-15-4-5-16-6-7-17-11-3-2-10(9-14)12(13)8-11/h2-3,8H,4-7H2,1H3. The number of hydrogen-bond acceptors (Lipinski definition) is 4. The van der Waals surface area contributed by atoms with Crippen LogP contribution in [0, 0.1) is 11.3 Å². The lowest BCUT2D eigenvalue weighted by atomic mass is 10.2. The van der Waals surface area contributed by atoms with Crippen molar-refractivity contribution in [1.29, 1.82) is 5.26 Å². The Hall–Kier alpha value is -1.28. The van der Waals surface area contributed by atoms with Crippen molar-refractivity contribution in [2.45, 2.75) is 0 Å². The van der Waals surface area contributed by atoms with Gasteiger partial charge in [0.2, 0.25) is 0 Å². The predicted molar refractivity (Wildman–Crippen MR) is 64.4 cm³/mol. The van der Waals surface area contributed by atoms with Gasteiger partial charge in [0.1, 0.15) is 18.4 Å². The van der Waals surface area contributed by atoms with Crippen LogP contribution in [0.3, 0.4) is 0 Å². The highest BCUT2D eigenvalue weighted by molar-refractivity contribution is 6.31. The highest BCUT2D eigenvalue weighted by Crippen LogP contribution is 2.21. The average molecular weight is 256 g/mol. The van der Waals surface area contributed by atoms with E-state index in [1.54, 1.807) is 25.3 Å². The topological polar surface area (TPSA) is 51.5 Å². The molecule has 0 aromatic heterocycles. The van der Waals surface area contributed by atoms with E-state index in [4.69, 9.17) is 31.1 Å². The number of halogens is 1. The fourth-order valence-electron chi connectivity index (χ4n) is 1.14. The summed E-state index contributed by atoms with van der Waals surface area (Å²) in [6, 6.07) is 6.94. The average Bonchev–Trinajstić information content (AvgIpc) is 2.34. The molecule has 0 amide bonds. The van der Waals surface area contributed by atoms with E-state index in [2.05, 4.69) is 0 Å². The van der Waals surface area contributed by atoms with Gasteiger partial charge in [-0.15, -0.1) is 0 Å². The molecule has 4 nitrogen and oxygen atoms in total. The van der Waals surface area contributed by atoms with Crippen molar-refractivity contribution in [2.24, 2.45) is 0 Å². The minimum absolute atomic E-state index is 0.394. The Bertz CT molecular complexity index is 390. The molecule has 0 N–H and O–H groups in total. The first-order chi connectivity index (χ1) is 8.27. The minimum atomic E-state index is 0.394. The summed E-state index contributed by atoms with van der Waals surface area (Å²) >= 11 is 5.86. The summed E-state index contributed by atoms with van der Waals surface area (Å²) < 4.78 is 15.5. The Balaban J connectivity index is 2.28. The van der Waals surface area contributed by atoms with Gasteiger partial charge in [-0.1, -0.05) is 11.6 Å². The second kappa shape index (κ2) is 7.91. The Morgan fingerprint density at radius 2 is 2.00 bits per heavy atom. The summed E-state index contributed by atoms with van der Waals surface area (Å²) in [5.74, 6) is 0.629. The fourth-order valence-corrected chi connectivity index (χ4v) is 1.35. The number of nitriles is 1. The maximum Gasteiger partial charge on any atom is 0.120 e. The van der Waals surface area contributed by atoms with Crippen LogP contribution in [-0.4, -0.2) is 33.5 Å². The van der Waals surface area contributed by atoms with Crippen molar-refractivity contribution >= 4 is 11.6 Å². The van der Waals surface area contributed by atoms with E-state index in [-0.39, 0.29) is 0 Å². The smallest absolute Gasteiger partial charge is 0.120 e. The number of ether oxygens (including phenoxy) is 3. The summed E-state index contributed by atoms with van der Waals surface area (Å²) in [7, 11) is 1.62. The monoisotopic (exact) mass is 255 g/mol. The molecule has 0 saturated heterocycles. The minimum Gasteiger partial charge on any atom is -0.491 e. The van der Waals surface area contributed by atoms with Gasteiger partial charge < -0.3 is 14.2 Å². The highest BCUT2D eigenvalue weighted by atomic mass is 35.5. The molecule has 0 radical (unpaired) electrons. The molecule has 92 valence electrons. The number of hydrogen-bond donors (Lipinski definition) is 0. The molecule has 0 heterocycles. The van der Waals surface area contributed by atoms with Crippen molar-refractivity contribution in [3.8, 4) is 11.8 Å². The molecule has 0 aliphatic heterocycles.